The van der Waals surface area contributed by atoms with Gasteiger partial charge < -0.3 is 16.0 Å². The predicted molar refractivity (Wildman–Crippen MR) is 114 cm³/mol. The van der Waals surface area contributed by atoms with Gasteiger partial charge >= 0.3 is 0 Å². The number of hydrogen-bond acceptors (Lipinski definition) is 5. The first kappa shape index (κ1) is 21.6. The van der Waals surface area contributed by atoms with Gasteiger partial charge in [0.2, 0.25) is 6.41 Å². The molecule has 0 atom stereocenters. The normalized spacial score (nSPS) is 17.9. The minimum absolute atomic E-state index is 0.110. The predicted octanol–water partition coefficient (Wildman–Crippen LogP) is 3.51. The van der Waals surface area contributed by atoms with Crippen molar-refractivity contribution in [2.75, 3.05) is 30.4 Å². The van der Waals surface area contributed by atoms with Crippen LogP contribution in [0, 0.1) is 5.82 Å². The van der Waals surface area contributed by atoms with Crippen LogP contribution < -0.4 is 16.0 Å². The third-order valence-electron chi connectivity index (χ3n) is 6.29. The molecule has 3 N–H and O–H groups in total. The van der Waals surface area contributed by atoms with E-state index in [9.17, 15) is 14.0 Å². The maximum absolute atomic E-state index is 15.0. The van der Waals surface area contributed by atoms with Gasteiger partial charge in [-0.1, -0.05) is 32.1 Å². The van der Waals surface area contributed by atoms with Gasteiger partial charge in [0.25, 0.3) is 5.91 Å². The lowest BCUT2D eigenvalue weighted by atomic mass is 9.95. The summed E-state index contributed by atoms with van der Waals surface area (Å²) in [4.78, 5) is 27.5. The molecular weight excluding hydrogens is 371 g/mol. The minimum Gasteiger partial charge on any atom is -0.380 e. The van der Waals surface area contributed by atoms with Crippen molar-refractivity contribution in [1.82, 2.24) is 4.90 Å². The van der Waals surface area contributed by atoms with Crippen molar-refractivity contribution in [3.63, 3.8) is 0 Å². The number of nitrogens with zero attached hydrogens (tertiary/aromatic N) is 2. The molecule has 2 amide bonds. The zero-order valence-corrected chi connectivity index (χ0v) is 17.3. The quantitative estimate of drug-likeness (QED) is 0.649. The number of carbonyl (C=O) groups is 2. The molecule has 0 aromatic heterocycles. The summed E-state index contributed by atoms with van der Waals surface area (Å²) in [5, 5.41) is 3.35. The second-order valence-corrected chi connectivity index (χ2v) is 8.27. The highest BCUT2D eigenvalue weighted by Crippen LogP contribution is 2.34. The average molecular weight is 405 g/mol. The summed E-state index contributed by atoms with van der Waals surface area (Å²) in [6, 6.07) is 3.60. The molecule has 3 rings (SSSR count). The maximum atomic E-state index is 15.0. The highest BCUT2D eigenvalue weighted by molar-refractivity contribution is 6.04. The van der Waals surface area contributed by atoms with Gasteiger partial charge in [-0.3, -0.25) is 14.5 Å². The molecule has 0 heterocycles. The van der Waals surface area contributed by atoms with Crippen LogP contribution >= 0.6 is 0 Å². The van der Waals surface area contributed by atoms with Crippen LogP contribution in [0.4, 0.5) is 15.8 Å². The van der Waals surface area contributed by atoms with Gasteiger partial charge in [-0.15, -0.1) is 0 Å². The number of rotatable bonds is 8. The van der Waals surface area contributed by atoms with E-state index in [1.54, 1.807) is 6.07 Å². The Hall–Kier alpha value is -2.15. The number of amides is 2. The number of carbonyl (C=O) groups excluding carboxylic acids is 2. The molecule has 2 saturated carbocycles. The van der Waals surface area contributed by atoms with Crippen LogP contribution in [-0.4, -0.2) is 49.4 Å². The fourth-order valence-corrected chi connectivity index (χ4v) is 4.59. The second kappa shape index (κ2) is 10.1. The van der Waals surface area contributed by atoms with Gasteiger partial charge in [-0.2, -0.15) is 0 Å². The molecule has 0 bridgehead atoms. The largest absolute Gasteiger partial charge is 0.380 e. The Bertz CT molecular complexity index is 715. The molecule has 6 nitrogen and oxygen atoms in total. The van der Waals surface area contributed by atoms with Gasteiger partial charge in [0.15, 0.2) is 0 Å². The first-order chi connectivity index (χ1) is 14.0. The van der Waals surface area contributed by atoms with Gasteiger partial charge in [0.1, 0.15) is 5.82 Å². The lowest BCUT2D eigenvalue weighted by molar-refractivity contribution is -0.115. The van der Waals surface area contributed by atoms with Crippen molar-refractivity contribution < 1.29 is 14.0 Å². The second-order valence-electron chi connectivity index (χ2n) is 8.27. The van der Waals surface area contributed by atoms with E-state index in [1.165, 1.54) is 12.5 Å². The van der Waals surface area contributed by atoms with E-state index >= 15 is 0 Å². The summed E-state index contributed by atoms with van der Waals surface area (Å²) in [5.41, 5.74) is 6.85. The highest BCUT2D eigenvalue weighted by Gasteiger charge is 2.27. The van der Waals surface area contributed by atoms with E-state index in [0.29, 0.717) is 23.8 Å². The Balaban J connectivity index is 1.95. The average Bonchev–Trinajstić information content (AvgIpc) is 3.28. The molecular formula is C22H33FN4O2. The third kappa shape index (κ3) is 5.07. The number of nitrogens with one attached hydrogen (secondary N) is 1. The van der Waals surface area contributed by atoms with Gasteiger partial charge in [-0.05, 0) is 37.8 Å². The van der Waals surface area contributed by atoms with Crippen molar-refractivity contribution in [2.24, 2.45) is 5.73 Å². The lowest BCUT2D eigenvalue weighted by Crippen LogP contribution is -2.37. The fourth-order valence-electron chi connectivity index (χ4n) is 4.59. The summed E-state index contributed by atoms with van der Waals surface area (Å²) < 4.78 is 15.0. The van der Waals surface area contributed by atoms with Crippen LogP contribution in [-0.2, 0) is 4.79 Å². The van der Waals surface area contributed by atoms with E-state index in [-0.39, 0.29) is 24.7 Å². The van der Waals surface area contributed by atoms with Crippen molar-refractivity contribution in [2.45, 2.75) is 69.9 Å². The van der Waals surface area contributed by atoms with Crippen LogP contribution in [0.3, 0.4) is 0 Å². The molecule has 1 aromatic carbocycles. The molecule has 0 saturated heterocycles. The number of halogens is 1. The number of imide groups is 1. The number of hydrogen-bond donors (Lipinski definition) is 2. The summed E-state index contributed by atoms with van der Waals surface area (Å²) in [6.45, 7) is 0.278. The fraction of sp³-hybridized carbons (Fsp3) is 0.636. The monoisotopic (exact) mass is 404 g/mol. The summed E-state index contributed by atoms with van der Waals surface area (Å²) >= 11 is 0. The molecule has 29 heavy (non-hydrogen) atoms. The Kier molecular flexibility index (Phi) is 7.47. The summed E-state index contributed by atoms with van der Waals surface area (Å²) in [6.07, 6.45) is 10.5. The van der Waals surface area contributed by atoms with Crippen molar-refractivity contribution in [3.05, 3.63) is 23.5 Å². The third-order valence-corrected chi connectivity index (χ3v) is 6.29. The Morgan fingerprint density at radius 2 is 1.83 bits per heavy atom. The first-order valence-electron chi connectivity index (χ1n) is 10.8. The van der Waals surface area contributed by atoms with Crippen LogP contribution in [0.2, 0.25) is 0 Å². The van der Waals surface area contributed by atoms with E-state index < -0.39 is 11.7 Å². The summed E-state index contributed by atoms with van der Waals surface area (Å²) in [5.74, 6) is -0.963. The van der Waals surface area contributed by atoms with Gasteiger partial charge in [-0.25, -0.2) is 4.39 Å². The molecule has 2 fully saturated rings. The van der Waals surface area contributed by atoms with Gasteiger partial charge in [0.05, 0.1) is 16.9 Å². The van der Waals surface area contributed by atoms with Crippen molar-refractivity contribution in [3.8, 4) is 0 Å². The van der Waals surface area contributed by atoms with Crippen LogP contribution in [0.15, 0.2) is 12.1 Å². The van der Waals surface area contributed by atoms with Crippen molar-refractivity contribution >= 4 is 23.7 Å². The molecule has 1 aromatic rings. The van der Waals surface area contributed by atoms with Crippen LogP contribution in [0.25, 0.3) is 0 Å². The maximum Gasteiger partial charge on any atom is 0.262 e. The number of benzene rings is 1. The summed E-state index contributed by atoms with van der Waals surface area (Å²) in [7, 11) is 1.96. The van der Waals surface area contributed by atoms with Crippen LogP contribution in [0.1, 0.15) is 68.1 Å². The van der Waals surface area contributed by atoms with Crippen molar-refractivity contribution in [1.29, 1.82) is 0 Å². The van der Waals surface area contributed by atoms with E-state index in [1.807, 2.05) is 7.05 Å². The van der Waals surface area contributed by atoms with E-state index in [2.05, 4.69) is 10.2 Å². The topological polar surface area (TPSA) is 78.7 Å². The lowest BCUT2D eigenvalue weighted by Gasteiger charge is -2.31. The molecule has 0 radical (unpaired) electrons. The molecule has 2 aliphatic carbocycles. The molecule has 7 heteroatoms. The Morgan fingerprint density at radius 3 is 2.45 bits per heavy atom. The van der Waals surface area contributed by atoms with E-state index in [0.717, 1.165) is 56.3 Å². The standard InChI is InChI=1S/C22H33FN4O2/c1-26(17-9-5-6-10-17)21-14-20(25-16-7-3-2-4-8-16)19(23)13-18(21)22(29)27(15-28)12-11-24/h13-17,25H,2-12,24H2,1H3. The zero-order chi connectivity index (χ0) is 20.8. The Morgan fingerprint density at radius 1 is 1.17 bits per heavy atom. The Labute approximate surface area is 172 Å². The molecule has 0 aliphatic heterocycles. The zero-order valence-electron chi connectivity index (χ0n) is 17.3. The number of nitrogens with two attached hydrogens (primary N) is 1. The highest BCUT2D eigenvalue weighted by atomic mass is 19.1. The first-order valence-corrected chi connectivity index (χ1v) is 10.8. The van der Waals surface area contributed by atoms with Gasteiger partial charge in [0, 0.05) is 32.2 Å². The SMILES string of the molecule is CN(c1cc(NC2CCCCC2)c(F)cc1C(=O)N(C=O)CCN)C1CCCC1. The van der Waals surface area contributed by atoms with E-state index in [4.69, 9.17) is 5.73 Å². The van der Waals surface area contributed by atoms with Crippen LogP contribution in [0.5, 0.6) is 0 Å². The molecule has 2 aliphatic rings. The molecule has 160 valence electrons. The molecule has 0 unspecified atom stereocenters. The molecule has 0 spiro atoms. The smallest absolute Gasteiger partial charge is 0.262 e. The number of anilines is 2. The minimum atomic E-state index is -0.506.